The monoisotopic (exact) mass is 340 g/mol. The highest BCUT2D eigenvalue weighted by Gasteiger charge is 2.27. The topological polar surface area (TPSA) is 56.5 Å². The SMILES string of the molecule is CCC(CCC(C)OC1CCC(OC2CCC(N)CC2)CC1)NC. The van der Waals surface area contributed by atoms with Crippen LogP contribution in [0.4, 0.5) is 0 Å². The second-order valence-corrected chi connectivity index (χ2v) is 7.99. The van der Waals surface area contributed by atoms with Crippen LogP contribution >= 0.6 is 0 Å². The third kappa shape index (κ3) is 6.99. The van der Waals surface area contributed by atoms with E-state index >= 15 is 0 Å². The summed E-state index contributed by atoms with van der Waals surface area (Å²) in [6.07, 6.45) is 14.5. The molecule has 0 bridgehead atoms. The van der Waals surface area contributed by atoms with E-state index in [0.29, 0.717) is 36.5 Å². The summed E-state index contributed by atoms with van der Waals surface area (Å²) in [7, 11) is 2.06. The number of nitrogens with two attached hydrogens (primary N) is 1. The van der Waals surface area contributed by atoms with Gasteiger partial charge in [0, 0.05) is 12.1 Å². The zero-order valence-electron chi connectivity index (χ0n) is 16.1. The van der Waals surface area contributed by atoms with E-state index < -0.39 is 0 Å². The van der Waals surface area contributed by atoms with Gasteiger partial charge in [0.25, 0.3) is 0 Å². The van der Waals surface area contributed by atoms with Crippen molar-refractivity contribution < 1.29 is 9.47 Å². The van der Waals surface area contributed by atoms with Gasteiger partial charge in [-0.15, -0.1) is 0 Å². The summed E-state index contributed by atoms with van der Waals surface area (Å²) in [5.41, 5.74) is 5.98. The van der Waals surface area contributed by atoms with Crippen molar-refractivity contribution in [3.8, 4) is 0 Å². The van der Waals surface area contributed by atoms with Crippen molar-refractivity contribution in [2.75, 3.05) is 7.05 Å². The van der Waals surface area contributed by atoms with Gasteiger partial charge >= 0.3 is 0 Å². The maximum atomic E-state index is 6.32. The Morgan fingerprint density at radius 3 is 2.00 bits per heavy atom. The minimum atomic E-state index is 0.370. The Labute approximate surface area is 149 Å². The van der Waals surface area contributed by atoms with Crippen LogP contribution in [0.5, 0.6) is 0 Å². The number of ether oxygens (including phenoxy) is 2. The summed E-state index contributed by atoms with van der Waals surface area (Å²) in [6.45, 7) is 4.48. The molecular weight excluding hydrogens is 300 g/mol. The summed E-state index contributed by atoms with van der Waals surface area (Å²) in [4.78, 5) is 0. The highest BCUT2D eigenvalue weighted by Crippen LogP contribution is 2.29. The molecule has 0 aliphatic heterocycles. The molecule has 0 radical (unpaired) electrons. The van der Waals surface area contributed by atoms with Gasteiger partial charge in [0.2, 0.25) is 0 Å². The van der Waals surface area contributed by atoms with E-state index in [4.69, 9.17) is 15.2 Å². The van der Waals surface area contributed by atoms with Crippen LogP contribution in [0.2, 0.25) is 0 Å². The molecule has 4 heteroatoms. The van der Waals surface area contributed by atoms with Crippen LogP contribution in [0.3, 0.4) is 0 Å². The van der Waals surface area contributed by atoms with Crippen molar-refractivity contribution in [3.05, 3.63) is 0 Å². The Morgan fingerprint density at radius 1 is 0.917 bits per heavy atom. The predicted molar refractivity (Wildman–Crippen MR) is 100 cm³/mol. The number of nitrogens with one attached hydrogen (secondary N) is 1. The standard InChI is InChI=1S/C20H40N2O2/c1-4-17(22-3)8-5-15(2)23-18-11-13-20(14-12-18)24-19-9-6-16(21)7-10-19/h15-20,22H,4-14,21H2,1-3H3. The Bertz CT molecular complexity index is 320. The molecule has 0 saturated heterocycles. The fourth-order valence-corrected chi connectivity index (χ4v) is 4.19. The van der Waals surface area contributed by atoms with E-state index in [-0.39, 0.29) is 0 Å². The van der Waals surface area contributed by atoms with Gasteiger partial charge in [-0.1, -0.05) is 6.92 Å². The van der Waals surface area contributed by atoms with Gasteiger partial charge in [-0.05, 0) is 84.6 Å². The lowest BCUT2D eigenvalue weighted by Gasteiger charge is -2.34. The zero-order valence-corrected chi connectivity index (χ0v) is 16.1. The minimum absolute atomic E-state index is 0.370. The fraction of sp³-hybridized carbons (Fsp3) is 1.00. The highest BCUT2D eigenvalue weighted by atomic mass is 16.5. The first kappa shape index (κ1) is 20.2. The quantitative estimate of drug-likeness (QED) is 0.671. The van der Waals surface area contributed by atoms with Gasteiger partial charge in [0.15, 0.2) is 0 Å². The molecule has 4 nitrogen and oxygen atoms in total. The van der Waals surface area contributed by atoms with Gasteiger partial charge < -0.3 is 20.5 Å². The van der Waals surface area contributed by atoms with Crippen molar-refractivity contribution >= 4 is 0 Å². The Kier molecular flexibility index (Phi) is 9.02. The van der Waals surface area contributed by atoms with E-state index in [1.165, 1.54) is 12.8 Å². The molecular formula is C20H40N2O2. The summed E-state index contributed by atoms with van der Waals surface area (Å²) in [6, 6.07) is 1.04. The summed E-state index contributed by atoms with van der Waals surface area (Å²) >= 11 is 0. The predicted octanol–water partition coefficient (Wildman–Crippen LogP) is 3.77. The molecule has 0 aromatic carbocycles. The molecule has 2 fully saturated rings. The van der Waals surface area contributed by atoms with Crippen LogP contribution in [0, 0.1) is 0 Å². The molecule has 2 atom stereocenters. The van der Waals surface area contributed by atoms with Gasteiger partial charge in [-0.2, -0.15) is 0 Å². The molecule has 142 valence electrons. The largest absolute Gasteiger partial charge is 0.375 e. The molecule has 0 heterocycles. The molecule has 0 aromatic heterocycles. The van der Waals surface area contributed by atoms with Crippen molar-refractivity contribution in [1.82, 2.24) is 5.32 Å². The molecule has 2 unspecified atom stereocenters. The van der Waals surface area contributed by atoms with Crippen LogP contribution in [-0.4, -0.2) is 43.5 Å². The van der Waals surface area contributed by atoms with Crippen LogP contribution < -0.4 is 11.1 Å². The Balaban J connectivity index is 1.58. The number of rotatable bonds is 9. The van der Waals surface area contributed by atoms with E-state index in [9.17, 15) is 0 Å². The molecule has 0 amide bonds. The van der Waals surface area contributed by atoms with E-state index in [1.807, 2.05) is 0 Å². The van der Waals surface area contributed by atoms with E-state index in [1.54, 1.807) is 0 Å². The average Bonchev–Trinajstić information content (AvgIpc) is 2.59. The molecule has 0 aromatic rings. The second kappa shape index (κ2) is 10.7. The minimum Gasteiger partial charge on any atom is -0.375 e. The van der Waals surface area contributed by atoms with Crippen molar-refractivity contribution in [3.63, 3.8) is 0 Å². The number of hydrogen-bond donors (Lipinski definition) is 2. The third-order valence-corrected chi connectivity index (χ3v) is 5.97. The normalized spacial score (nSPS) is 34.0. The van der Waals surface area contributed by atoms with Gasteiger partial charge in [0.05, 0.1) is 24.4 Å². The van der Waals surface area contributed by atoms with Crippen LogP contribution in [-0.2, 0) is 9.47 Å². The lowest BCUT2D eigenvalue weighted by Crippen LogP contribution is -2.35. The molecule has 2 rings (SSSR count). The maximum absolute atomic E-state index is 6.32. The first-order valence-electron chi connectivity index (χ1n) is 10.3. The van der Waals surface area contributed by atoms with Gasteiger partial charge in [-0.3, -0.25) is 0 Å². The van der Waals surface area contributed by atoms with Crippen molar-refractivity contribution in [1.29, 1.82) is 0 Å². The molecule has 3 N–H and O–H groups in total. The van der Waals surface area contributed by atoms with Crippen LogP contribution in [0.1, 0.15) is 84.5 Å². The van der Waals surface area contributed by atoms with Crippen LogP contribution in [0.25, 0.3) is 0 Å². The van der Waals surface area contributed by atoms with Gasteiger partial charge in [-0.25, -0.2) is 0 Å². The average molecular weight is 341 g/mol. The fourth-order valence-electron chi connectivity index (χ4n) is 4.19. The zero-order chi connectivity index (χ0) is 17.4. The summed E-state index contributed by atoms with van der Waals surface area (Å²) in [5.74, 6) is 0. The van der Waals surface area contributed by atoms with E-state index in [2.05, 4.69) is 26.2 Å². The molecule has 24 heavy (non-hydrogen) atoms. The summed E-state index contributed by atoms with van der Waals surface area (Å²) < 4.78 is 12.6. The Hall–Kier alpha value is -0.160. The highest BCUT2D eigenvalue weighted by molar-refractivity contribution is 4.79. The van der Waals surface area contributed by atoms with Gasteiger partial charge in [0.1, 0.15) is 0 Å². The number of hydrogen-bond acceptors (Lipinski definition) is 4. The molecule has 2 saturated carbocycles. The lowest BCUT2D eigenvalue weighted by molar-refractivity contribution is -0.0859. The first-order valence-corrected chi connectivity index (χ1v) is 10.3. The maximum Gasteiger partial charge on any atom is 0.0580 e. The van der Waals surface area contributed by atoms with Crippen LogP contribution in [0.15, 0.2) is 0 Å². The van der Waals surface area contributed by atoms with E-state index in [0.717, 1.165) is 57.8 Å². The molecule has 0 spiro atoms. The second-order valence-electron chi connectivity index (χ2n) is 7.99. The Morgan fingerprint density at radius 2 is 1.46 bits per heavy atom. The smallest absolute Gasteiger partial charge is 0.0580 e. The summed E-state index contributed by atoms with van der Waals surface area (Å²) in [5, 5.41) is 3.38. The molecule has 2 aliphatic carbocycles. The molecule has 2 aliphatic rings. The van der Waals surface area contributed by atoms with Crippen molar-refractivity contribution in [2.45, 2.75) is 121 Å². The first-order chi connectivity index (χ1) is 11.6. The lowest BCUT2D eigenvalue weighted by atomic mass is 9.91. The van der Waals surface area contributed by atoms with Crippen molar-refractivity contribution in [2.24, 2.45) is 5.73 Å². The third-order valence-electron chi connectivity index (χ3n) is 5.97.